The molecule has 0 saturated carbocycles. The second kappa shape index (κ2) is 6.82. The van der Waals surface area contributed by atoms with Gasteiger partial charge in [-0.1, -0.05) is 0 Å². The van der Waals surface area contributed by atoms with E-state index in [0.29, 0.717) is 12.2 Å². The number of hydrogen-bond donors (Lipinski definition) is 2. The van der Waals surface area contributed by atoms with E-state index in [1.54, 1.807) is 39.6 Å². The summed E-state index contributed by atoms with van der Waals surface area (Å²) < 4.78 is 10.1. The van der Waals surface area contributed by atoms with Gasteiger partial charge in [0.25, 0.3) is 5.91 Å². The van der Waals surface area contributed by atoms with E-state index >= 15 is 0 Å². The topological polar surface area (TPSA) is 72.5 Å². The molecule has 0 fully saturated rings. The third-order valence-corrected chi connectivity index (χ3v) is 2.22. The molecular weight excluding hydrogens is 222 g/mol. The molecule has 0 atom stereocenters. The van der Waals surface area contributed by atoms with Crippen LogP contribution in [-0.2, 0) is 9.47 Å². The predicted molar refractivity (Wildman–Crippen MR) is 63.9 cm³/mol. The highest BCUT2D eigenvalue weighted by Crippen LogP contribution is 2.08. The number of hydrogen-bond acceptors (Lipinski definition) is 5. The second-order valence-corrected chi connectivity index (χ2v) is 3.29. The summed E-state index contributed by atoms with van der Waals surface area (Å²) in [5, 5.41) is 5.61. The first-order valence-electron chi connectivity index (χ1n) is 5.18. The van der Waals surface area contributed by atoms with Crippen LogP contribution < -0.4 is 10.6 Å². The van der Waals surface area contributed by atoms with Gasteiger partial charge in [-0.2, -0.15) is 0 Å². The molecule has 0 spiro atoms. The Hall–Kier alpha value is -1.66. The molecule has 94 valence electrons. The van der Waals surface area contributed by atoms with Gasteiger partial charge in [0.05, 0.1) is 6.54 Å². The molecular formula is C11H17N3O3. The lowest BCUT2D eigenvalue weighted by Crippen LogP contribution is -2.24. The van der Waals surface area contributed by atoms with Crippen LogP contribution in [0.1, 0.15) is 10.5 Å². The van der Waals surface area contributed by atoms with Crippen LogP contribution in [0.4, 0.5) is 5.69 Å². The third-order valence-electron chi connectivity index (χ3n) is 2.22. The maximum atomic E-state index is 11.4. The number of amides is 1. The Morgan fingerprint density at radius 2 is 2.18 bits per heavy atom. The standard InChI is InChI=1S/C11H17N3O3/c1-12-11(15)9-6-8(4-5-13-9)14-7-10(16-2)17-3/h4-6,10H,7H2,1-3H3,(H,12,15)(H,13,14). The Bertz CT molecular complexity index is 367. The van der Waals surface area contributed by atoms with E-state index in [0.717, 1.165) is 5.69 Å². The molecule has 0 unspecified atom stereocenters. The summed E-state index contributed by atoms with van der Waals surface area (Å²) in [4.78, 5) is 15.3. The number of nitrogens with zero attached hydrogens (tertiary/aromatic N) is 1. The Morgan fingerprint density at radius 1 is 1.47 bits per heavy atom. The molecule has 1 amide bonds. The molecule has 0 bridgehead atoms. The summed E-state index contributed by atoms with van der Waals surface area (Å²) in [6, 6.07) is 3.44. The van der Waals surface area contributed by atoms with E-state index in [1.807, 2.05) is 0 Å². The van der Waals surface area contributed by atoms with Gasteiger partial charge in [-0.15, -0.1) is 0 Å². The van der Waals surface area contributed by atoms with Crippen molar-refractivity contribution in [2.24, 2.45) is 0 Å². The first-order chi connectivity index (χ1) is 8.21. The van der Waals surface area contributed by atoms with Crippen LogP contribution >= 0.6 is 0 Å². The van der Waals surface area contributed by atoms with Crippen LogP contribution in [-0.4, -0.2) is 45.0 Å². The lowest BCUT2D eigenvalue weighted by molar-refractivity contribution is -0.0914. The number of ether oxygens (including phenoxy) is 2. The maximum absolute atomic E-state index is 11.4. The zero-order valence-electron chi connectivity index (χ0n) is 10.2. The summed E-state index contributed by atoms with van der Waals surface area (Å²) >= 11 is 0. The Kier molecular flexibility index (Phi) is 5.38. The fourth-order valence-electron chi connectivity index (χ4n) is 1.26. The van der Waals surface area contributed by atoms with Crippen molar-refractivity contribution in [3.8, 4) is 0 Å². The van der Waals surface area contributed by atoms with Crippen LogP contribution in [0.2, 0.25) is 0 Å². The van der Waals surface area contributed by atoms with Gasteiger partial charge >= 0.3 is 0 Å². The zero-order valence-corrected chi connectivity index (χ0v) is 10.2. The van der Waals surface area contributed by atoms with Gasteiger partial charge in [0.15, 0.2) is 6.29 Å². The van der Waals surface area contributed by atoms with E-state index in [1.165, 1.54) is 0 Å². The maximum Gasteiger partial charge on any atom is 0.269 e. The highest BCUT2D eigenvalue weighted by Gasteiger charge is 2.07. The molecule has 2 N–H and O–H groups in total. The van der Waals surface area contributed by atoms with Gasteiger partial charge in [-0.05, 0) is 12.1 Å². The molecule has 0 aliphatic rings. The predicted octanol–water partition coefficient (Wildman–Crippen LogP) is 0.472. The van der Waals surface area contributed by atoms with E-state index in [4.69, 9.17) is 9.47 Å². The molecule has 17 heavy (non-hydrogen) atoms. The summed E-state index contributed by atoms with van der Waals surface area (Å²) in [5.41, 5.74) is 1.15. The number of methoxy groups -OCH3 is 2. The van der Waals surface area contributed by atoms with E-state index in [2.05, 4.69) is 15.6 Å². The Morgan fingerprint density at radius 3 is 2.76 bits per heavy atom. The molecule has 0 aromatic carbocycles. The number of pyridine rings is 1. The van der Waals surface area contributed by atoms with Gasteiger partial charge in [0.1, 0.15) is 5.69 Å². The van der Waals surface area contributed by atoms with Crippen molar-refractivity contribution in [1.29, 1.82) is 0 Å². The number of carbonyl (C=O) groups excluding carboxylic acids is 1. The van der Waals surface area contributed by atoms with Crippen molar-refractivity contribution in [2.45, 2.75) is 6.29 Å². The Balaban J connectivity index is 2.62. The van der Waals surface area contributed by atoms with Crippen LogP contribution in [0.25, 0.3) is 0 Å². The molecule has 0 aliphatic carbocycles. The minimum absolute atomic E-state index is 0.219. The van der Waals surface area contributed by atoms with Crippen LogP contribution in [0.5, 0.6) is 0 Å². The van der Waals surface area contributed by atoms with E-state index < -0.39 is 0 Å². The summed E-state index contributed by atoms with van der Waals surface area (Å²) in [6.45, 7) is 0.490. The van der Waals surface area contributed by atoms with Gasteiger partial charge in [0.2, 0.25) is 0 Å². The van der Waals surface area contributed by atoms with Crippen molar-refractivity contribution in [3.63, 3.8) is 0 Å². The Labute approximate surface area is 100 Å². The van der Waals surface area contributed by atoms with Gasteiger partial charge in [-0.3, -0.25) is 9.78 Å². The lowest BCUT2D eigenvalue weighted by atomic mass is 10.3. The fraction of sp³-hybridized carbons (Fsp3) is 0.455. The van der Waals surface area contributed by atoms with E-state index in [9.17, 15) is 4.79 Å². The molecule has 0 radical (unpaired) electrons. The average molecular weight is 239 g/mol. The minimum Gasteiger partial charge on any atom is -0.380 e. The second-order valence-electron chi connectivity index (χ2n) is 3.29. The molecule has 1 aromatic rings. The number of aromatic nitrogens is 1. The van der Waals surface area contributed by atoms with Gasteiger partial charge < -0.3 is 20.1 Å². The van der Waals surface area contributed by atoms with Gasteiger partial charge in [-0.25, -0.2) is 0 Å². The molecule has 0 aliphatic heterocycles. The largest absolute Gasteiger partial charge is 0.380 e. The molecule has 1 rings (SSSR count). The quantitative estimate of drug-likeness (QED) is 0.706. The normalized spacial score (nSPS) is 10.4. The third kappa shape index (κ3) is 4.01. The average Bonchev–Trinajstić information content (AvgIpc) is 2.39. The SMILES string of the molecule is CNC(=O)c1cc(NCC(OC)OC)ccn1. The number of nitrogens with one attached hydrogen (secondary N) is 2. The van der Waals surface area contributed by atoms with Crippen molar-refractivity contribution >= 4 is 11.6 Å². The molecule has 0 saturated heterocycles. The highest BCUT2D eigenvalue weighted by molar-refractivity contribution is 5.92. The van der Waals surface area contributed by atoms with Crippen molar-refractivity contribution < 1.29 is 14.3 Å². The van der Waals surface area contributed by atoms with Crippen LogP contribution in [0.3, 0.4) is 0 Å². The van der Waals surface area contributed by atoms with Crippen molar-refractivity contribution in [3.05, 3.63) is 24.0 Å². The van der Waals surface area contributed by atoms with Gasteiger partial charge in [0, 0.05) is 33.2 Å². The summed E-state index contributed by atoms with van der Waals surface area (Å²) in [5.74, 6) is -0.219. The van der Waals surface area contributed by atoms with Crippen LogP contribution in [0.15, 0.2) is 18.3 Å². The van der Waals surface area contributed by atoms with E-state index in [-0.39, 0.29) is 12.2 Å². The first-order valence-corrected chi connectivity index (χ1v) is 5.18. The first kappa shape index (κ1) is 13.4. The minimum atomic E-state index is -0.327. The summed E-state index contributed by atoms with van der Waals surface area (Å²) in [7, 11) is 4.70. The molecule has 1 heterocycles. The monoisotopic (exact) mass is 239 g/mol. The van der Waals surface area contributed by atoms with Crippen LogP contribution in [0, 0.1) is 0 Å². The number of carbonyl (C=O) groups is 1. The number of rotatable bonds is 6. The van der Waals surface area contributed by atoms with Crippen molar-refractivity contribution in [2.75, 3.05) is 33.1 Å². The fourth-order valence-corrected chi connectivity index (χ4v) is 1.26. The lowest BCUT2D eigenvalue weighted by Gasteiger charge is -2.15. The zero-order chi connectivity index (χ0) is 12.7. The smallest absolute Gasteiger partial charge is 0.269 e. The molecule has 6 nitrogen and oxygen atoms in total. The molecule has 1 aromatic heterocycles. The summed E-state index contributed by atoms with van der Waals surface area (Å²) in [6.07, 6.45) is 1.24. The number of anilines is 1. The highest BCUT2D eigenvalue weighted by atomic mass is 16.7. The van der Waals surface area contributed by atoms with Crippen molar-refractivity contribution in [1.82, 2.24) is 10.3 Å². The molecule has 6 heteroatoms.